The van der Waals surface area contributed by atoms with Gasteiger partial charge in [0.2, 0.25) is 5.91 Å². The van der Waals surface area contributed by atoms with Gasteiger partial charge in [0, 0.05) is 0 Å². The van der Waals surface area contributed by atoms with Crippen LogP contribution in [0.1, 0.15) is 30.9 Å². The van der Waals surface area contributed by atoms with Gasteiger partial charge in [0.25, 0.3) is 5.89 Å². The predicted octanol–water partition coefficient (Wildman–Crippen LogP) is 5.41. The van der Waals surface area contributed by atoms with Crippen LogP contribution >= 0.6 is 34.5 Å². The van der Waals surface area contributed by atoms with Crippen LogP contribution < -0.4 is 5.32 Å². The molecular formula is C17H15Cl2N3O2S. The Morgan fingerprint density at radius 2 is 1.96 bits per heavy atom. The number of hydrogen-bond donors (Lipinski definition) is 1. The number of nitrogens with zero attached hydrogens (tertiary/aromatic N) is 2. The van der Waals surface area contributed by atoms with E-state index in [4.69, 9.17) is 27.6 Å². The molecule has 0 saturated carbocycles. The first kappa shape index (κ1) is 17.9. The molecule has 2 heterocycles. The summed E-state index contributed by atoms with van der Waals surface area (Å²) in [5, 5.41) is 10.3. The maximum Gasteiger partial charge on any atom is 0.322 e. The zero-order valence-corrected chi connectivity index (χ0v) is 15.9. The number of aromatic nitrogens is 2. The number of anilines is 1. The summed E-state index contributed by atoms with van der Waals surface area (Å²) in [7, 11) is 0. The fraction of sp³-hybridized carbons (Fsp3) is 0.235. The molecule has 8 heteroatoms. The van der Waals surface area contributed by atoms with Crippen LogP contribution in [0.25, 0.3) is 11.5 Å². The lowest BCUT2D eigenvalue weighted by atomic mass is 10.0. The molecule has 130 valence electrons. The lowest BCUT2D eigenvalue weighted by Gasteiger charge is -2.06. The van der Waals surface area contributed by atoms with Gasteiger partial charge in [-0.15, -0.1) is 16.4 Å². The topological polar surface area (TPSA) is 68.0 Å². The lowest BCUT2D eigenvalue weighted by molar-refractivity contribution is -0.115. The molecule has 0 bridgehead atoms. The molecule has 0 unspecified atom stereocenters. The Kier molecular flexibility index (Phi) is 5.42. The zero-order chi connectivity index (χ0) is 18.0. The molecule has 3 rings (SSSR count). The quantitative estimate of drug-likeness (QED) is 0.626. The van der Waals surface area contributed by atoms with Gasteiger partial charge in [-0.05, 0) is 23.1 Å². The molecule has 0 aliphatic heterocycles. The average molecular weight is 396 g/mol. The van der Waals surface area contributed by atoms with Crippen LogP contribution in [-0.4, -0.2) is 16.1 Å². The number of carbonyl (C=O) groups is 1. The zero-order valence-electron chi connectivity index (χ0n) is 13.5. The fourth-order valence-electron chi connectivity index (χ4n) is 2.24. The lowest BCUT2D eigenvalue weighted by Crippen LogP contribution is -2.14. The Labute approximate surface area is 159 Å². The summed E-state index contributed by atoms with van der Waals surface area (Å²) < 4.78 is 6.41. The third kappa shape index (κ3) is 4.39. The number of benzene rings is 1. The Morgan fingerprint density at radius 1 is 1.24 bits per heavy atom. The Balaban J connectivity index is 1.64. The highest BCUT2D eigenvalue weighted by atomic mass is 35.5. The third-order valence-electron chi connectivity index (χ3n) is 3.57. The largest absolute Gasteiger partial charge is 0.403 e. The standard InChI is InChI=1S/C17H15Cl2N3O2S/c1-9(2)11-5-3-10(4-6-11)7-14(23)20-17-22-21-16(24-17)12-8-13(18)25-15(12)19/h3-6,8-9H,7H2,1-2H3,(H,20,22,23). The second kappa shape index (κ2) is 7.56. The van der Waals surface area contributed by atoms with Crippen molar-refractivity contribution in [3.8, 4) is 11.5 Å². The molecular weight excluding hydrogens is 381 g/mol. The smallest absolute Gasteiger partial charge is 0.322 e. The van der Waals surface area contributed by atoms with E-state index in [1.807, 2.05) is 24.3 Å². The van der Waals surface area contributed by atoms with Gasteiger partial charge in [-0.1, -0.05) is 66.4 Å². The summed E-state index contributed by atoms with van der Waals surface area (Å²) in [5.41, 5.74) is 2.69. The van der Waals surface area contributed by atoms with Gasteiger partial charge in [0.15, 0.2) is 0 Å². The van der Waals surface area contributed by atoms with Crippen LogP contribution in [0.3, 0.4) is 0 Å². The molecule has 1 aromatic carbocycles. The van der Waals surface area contributed by atoms with E-state index in [1.165, 1.54) is 16.9 Å². The van der Waals surface area contributed by atoms with Gasteiger partial charge in [0.05, 0.1) is 16.3 Å². The molecule has 1 amide bonds. The molecule has 0 aliphatic carbocycles. The van der Waals surface area contributed by atoms with Crippen molar-refractivity contribution in [2.75, 3.05) is 5.32 Å². The minimum absolute atomic E-state index is 0.0252. The maximum absolute atomic E-state index is 12.1. The Hall–Kier alpha value is -1.89. The van der Waals surface area contributed by atoms with Crippen molar-refractivity contribution in [2.24, 2.45) is 0 Å². The first-order valence-electron chi connectivity index (χ1n) is 7.59. The van der Waals surface area contributed by atoms with Crippen LogP contribution in [-0.2, 0) is 11.2 Å². The first-order chi connectivity index (χ1) is 11.9. The Bertz CT molecular complexity index is 888. The van der Waals surface area contributed by atoms with E-state index in [9.17, 15) is 4.79 Å². The molecule has 0 radical (unpaired) electrons. The number of hydrogen-bond acceptors (Lipinski definition) is 5. The summed E-state index contributed by atoms with van der Waals surface area (Å²) in [6.45, 7) is 4.25. The summed E-state index contributed by atoms with van der Waals surface area (Å²) in [6, 6.07) is 9.62. The van der Waals surface area contributed by atoms with Gasteiger partial charge in [-0.3, -0.25) is 10.1 Å². The van der Waals surface area contributed by atoms with Gasteiger partial charge in [0.1, 0.15) is 4.34 Å². The second-order valence-electron chi connectivity index (χ2n) is 5.77. The number of amides is 1. The molecule has 0 fully saturated rings. The first-order valence-corrected chi connectivity index (χ1v) is 9.17. The highest BCUT2D eigenvalue weighted by Gasteiger charge is 2.16. The number of carbonyl (C=O) groups excluding carboxylic acids is 1. The van der Waals surface area contributed by atoms with Crippen molar-refractivity contribution in [2.45, 2.75) is 26.2 Å². The number of nitrogens with one attached hydrogen (secondary N) is 1. The van der Waals surface area contributed by atoms with E-state index in [0.29, 0.717) is 20.2 Å². The molecule has 3 aromatic rings. The summed E-state index contributed by atoms with van der Waals surface area (Å²) in [5.74, 6) is 0.434. The van der Waals surface area contributed by atoms with Crippen LogP contribution in [0.15, 0.2) is 34.7 Å². The molecule has 2 aromatic heterocycles. The SMILES string of the molecule is CC(C)c1ccc(CC(=O)Nc2nnc(-c3cc(Cl)sc3Cl)o2)cc1. The number of halogens is 2. The van der Waals surface area contributed by atoms with Crippen molar-refractivity contribution in [3.63, 3.8) is 0 Å². The molecule has 0 aliphatic rings. The van der Waals surface area contributed by atoms with Gasteiger partial charge >= 0.3 is 6.01 Å². The van der Waals surface area contributed by atoms with Crippen LogP contribution in [0.4, 0.5) is 6.01 Å². The molecule has 0 saturated heterocycles. The maximum atomic E-state index is 12.1. The Morgan fingerprint density at radius 3 is 2.56 bits per heavy atom. The van der Waals surface area contributed by atoms with Crippen molar-refractivity contribution in [3.05, 3.63) is 50.1 Å². The highest BCUT2D eigenvalue weighted by Crippen LogP contribution is 2.37. The highest BCUT2D eigenvalue weighted by molar-refractivity contribution is 7.20. The summed E-state index contributed by atoms with van der Waals surface area (Å²) >= 11 is 13.2. The van der Waals surface area contributed by atoms with Crippen molar-refractivity contribution < 1.29 is 9.21 Å². The summed E-state index contributed by atoms with van der Waals surface area (Å²) in [6.07, 6.45) is 0.223. The van der Waals surface area contributed by atoms with Crippen LogP contribution in [0, 0.1) is 0 Å². The van der Waals surface area contributed by atoms with E-state index in [-0.39, 0.29) is 24.2 Å². The summed E-state index contributed by atoms with van der Waals surface area (Å²) in [4.78, 5) is 12.1. The van der Waals surface area contributed by atoms with Crippen molar-refractivity contribution in [1.29, 1.82) is 0 Å². The minimum Gasteiger partial charge on any atom is -0.403 e. The minimum atomic E-state index is -0.234. The van der Waals surface area contributed by atoms with Crippen molar-refractivity contribution >= 4 is 46.5 Å². The second-order valence-corrected chi connectivity index (χ2v) is 8.06. The van der Waals surface area contributed by atoms with E-state index < -0.39 is 0 Å². The molecule has 1 N–H and O–H groups in total. The molecule has 0 atom stereocenters. The molecule has 25 heavy (non-hydrogen) atoms. The average Bonchev–Trinajstić information content (AvgIpc) is 3.13. The van der Waals surface area contributed by atoms with Crippen LogP contribution in [0.5, 0.6) is 0 Å². The molecule has 5 nitrogen and oxygen atoms in total. The number of rotatable bonds is 5. The molecule has 0 spiro atoms. The van der Waals surface area contributed by atoms with E-state index in [1.54, 1.807) is 6.07 Å². The van der Waals surface area contributed by atoms with Crippen molar-refractivity contribution in [1.82, 2.24) is 10.2 Å². The van der Waals surface area contributed by atoms with Gasteiger partial charge in [-0.25, -0.2) is 0 Å². The predicted molar refractivity (Wildman–Crippen MR) is 100 cm³/mol. The normalized spacial score (nSPS) is 11.1. The van der Waals surface area contributed by atoms with Gasteiger partial charge in [-0.2, -0.15) is 0 Å². The number of thiophene rings is 1. The monoisotopic (exact) mass is 395 g/mol. The fourth-order valence-corrected chi connectivity index (χ4v) is 3.69. The van der Waals surface area contributed by atoms with Gasteiger partial charge < -0.3 is 4.42 Å². The van der Waals surface area contributed by atoms with E-state index in [2.05, 4.69) is 29.4 Å². The van der Waals surface area contributed by atoms with E-state index in [0.717, 1.165) is 5.56 Å². The van der Waals surface area contributed by atoms with E-state index >= 15 is 0 Å². The van der Waals surface area contributed by atoms with Crippen LogP contribution in [0.2, 0.25) is 8.67 Å². The third-order valence-corrected chi connectivity index (χ3v) is 5.06.